The van der Waals surface area contributed by atoms with E-state index in [2.05, 4.69) is 13.2 Å². The smallest absolute Gasteiger partial charge is 0.330 e. The lowest BCUT2D eigenvalue weighted by atomic mass is 10.1. The number of hydrogen-bond donors (Lipinski definition) is 1. The van der Waals surface area contributed by atoms with E-state index in [-0.39, 0.29) is 13.2 Å². The molecule has 0 fully saturated rings. The van der Waals surface area contributed by atoms with E-state index in [1.54, 1.807) is 0 Å². The zero-order valence-corrected chi connectivity index (χ0v) is 9.76. The van der Waals surface area contributed by atoms with E-state index in [0.717, 1.165) is 12.2 Å². The zero-order valence-electron chi connectivity index (χ0n) is 9.76. The Balaban J connectivity index is 3.43. The maximum absolute atomic E-state index is 10.7. The molecule has 0 aromatic heterocycles. The molecule has 0 rings (SSSR count). The Morgan fingerprint density at radius 2 is 1.59 bits per heavy atom. The van der Waals surface area contributed by atoms with Gasteiger partial charge in [-0.2, -0.15) is 0 Å². The van der Waals surface area contributed by atoms with Crippen LogP contribution in [0.5, 0.6) is 0 Å². The van der Waals surface area contributed by atoms with Gasteiger partial charge in [-0.25, -0.2) is 9.59 Å². The van der Waals surface area contributed by atoms with Crippen molar-refractivity contribution in [3.63, 3.8) is 0 Å². The summed E-state index contributed by atoms with van der Waals surface area (Å²) in [6, 6.07) is 0. The summed E-state index contributed by atoms with van der Waals surface area (Å²) >= 11 is 0. The summed E-state index contributed by atoms with van der Waals surface area (Å²) in [4.78, 5) is 21.3. The third-order valence-corrected chi connectivity index (χ3v) is 1.95. The first kappa shape index (κ1) is 15.4. The molecule has 0 saturated heterocycles. The molecule has 0 aliphatic heterocycles. The Kier molecular flexibility index (Phi) is 8.68. The second kappa shape index (κ2) is 9.59. The summed E-state index contributed by atoms with van der Waals surface area (Å²) in [6.45, 7) is 6.90. The van der Waals surface area contributed by atoms with Crippen LogP contribution in [0.25, 0.3) is 0 Å². The van der Waals surface area contributed by atoms with Crippen molar-refractivity contribution in [2.45, 2.75) is 25.4 Å². The second-order valence-electron chi connectivity index (χ2n) is 3.33. The fourth-order valence-corrected chi connectivity index (χ4v) is 1.05. The van der Waals surface area contributed by atoms with Crippen LogP contribution >= 0.6 is 0 Å². The van der Waals surface area contributed by atoms with Gasteiger partial charge < -0.3 is 14.6 Å². The molecule has 0 saturated carbocycles. The highest BCUT2D eigenvalue weighted by atomic mass is 16.5. The molecule has 5 heteroatoms. The van der Waals surface area contributed by atoms with Crippen molar-refractivity contribution < 1.29 is 24.2 Å². The van der Waals surface area contributed by atoms with E-state index in [0.29, 0.717) is 19.3 Å². The van der Waals surface area contributed by atoms with Gasteiger partial charge >= 0.3 is 11.9 Å². The van der Waals surface area contributed by atoms with Crippen molar-refractivity contribution >= 4 is 11.9 Å². The third-order valence-electron chi connectivity index (χ3n) is 1.95. The van der Waals surface area contributed by atoms with Crippen molar-refractivity contribution in [2.75, 3.05) is 13.2 Å². The number of rotatable bonds is 9. The molecule has 17 heavy (non-hydrogen) atoms. The lowest BCUT2D eigenvalue weighted by molar-refractivity contribution is -0.139. The molecule has 5 nitrogen and oxygen atoms in total. The molecule has 0 bridgehead atoms. The van der Waals surface area contributed by atoms with E-state index < -0.39 is 18.0 Å². The number of aliphatic hydroxyl groups excluding tert-OH is 1. The van der Waals surface area contributed by atoms with Crippen LogP contribution in [-0.2, 0) is 19.1 Å². The van der Waals surface area contributed by atoms with Gasteiger partial charge in [-0.3, -0.25) is 0 Å². The number of carbonyl (C=O) groups excluding carboxylic acids is 2. The van der Waals surface area contributed by atoms with Gasteiger partial charge in [0.05, 0.1) is 19.3 Å². The monoisotopic (exact) mass is 242 g/mol. The Hall–Kier alpha value is -1.62. The minimum absolute atomic E-state index is 0.151. The quantitative estimate of drug-likeness (QED) is 0.370. The van der Waals surface area contributed by atoms with E-state index in [9.17, 15) is 14.7 Å². The normalized spacial score (nSPS) is 11.4. The molecule has 0 amide bonds. The Bertz CT molecular complexity index is 272. The third kappa shape index (κ3) is 9.32. The number of carbonyl (C=O) groups is 2. The average Bonchev–Trinajstić information content (AvgIpc) is 2.33. The molecule has 1 unspecified atom stereocenters. The van der Waals surface area contributed by atoms with Crippen molar-refractivity contribution in [1.29, 1.82) is 0 Å². The maximum Gasteiger partial charge on any atom is 0.330 e. The molecule has 1 N–H and O–H groups in total. The zero-order chi connectivity index (χ0) is 13.1. The molecule has 96 valence electrons. The number of ether oxygens (including phenoxy) is 2. The summed E-state index contributed by atoms with van der Waals surface area (Å²) < 4.78 is 9.44. The molecule has 0 aromatic rings. The minimum atomic E-state index is -0.574. The van der Waals surface area contributed by atoms with Crippen LogP contribution in [0.1, 0.15) is 19.3 Å². The summed E-state index contributed by atoms with van der Waals surface area (Å²) in [5.41, 5.74) is 0. The summed E-state index contributed by atoms with van der Waals surface area (Å²) in [5.74, 6) is -0.975. The summed E-state index contributed by atoms with van der Waals surface area (Å²) in [7, 11) is 0. The molecular weight excluding hydrogens is 224 g/mol. The predicted octanol–water partition coefficient (Wildman–Crippen LogP) is 0.976. The minimum Gasteiger partial charge on any atom is -0.463 e. The summed E-state index contributed by atoms with van der Waals surface area (Å²) in [6.07, 6.45) is 2.98. The van der Waals surface area contributed by atoms with Crippen molar-refractivity contribution in [2.24, 2.45) is 0 Å². The van der Waals surface area contributed by atoms with Crippen molar-refractivity contribution in [1.82, 2.24) is 0 Å². The molecule has 0 spiro atoms. The molecule has 0 aliphatic rings. The lowest BCUT2D eigenvalue weighted by Crippen LogP contribution is -2.13. The van der Waals surface area contributed by atoms with Crippen molar-refractivity contribution in [3.8, 4) is 0 Å². The molecule has 1 atom stereocenters. The highest BCUT2D eigenvalue weighted by molar-refractivity contribution is 5.81. The van der Waals surface area contributed by atoms with Crippen LogP contribution in [0.2, 0.25) is 0 Å². The average molecular weight is 242 g/mol. The first-order valence-corrected chi connectivity index (χ1v) is 5.36. The maximum atomic E-state index is 10.7. The van der Waals surface area contributed by atoms with Gasteiger partial charge in [0.2, 0.25) is 0 Å². The second-order valence-corrected chi connectivity index (χ2v) is 3.33. The topological polar surface area (TPSA) is 72.8 Å². The first-order chi connectivity index (χ1) is 8.10. The van der Waals surface area contributed by atoms with E-state index in [1.807, 2.05) is 0 Å². The fraction of sp³-hybridized carbons (Fsp3) is 0.500. The Morgan fingerprint density at radius 3 is 2.12 bits per heavy atom. The van der Waals surface area contributed by atoms with Crippen LogP contribution in [0.15, 0.2) is 25.3 Å². The van der Waals surface area contributed by atoms with Crippen LogP contribution in [0.4, 0.5) is 0 Å². The standard InChI is InChI=1S/C12H18O5/c1-3-11(14)16-8-5-6-10(13)7-9-17-12(15)4-2/h3-4,10,13H,1-2,5-9H2. The van der Waals surface area contributed by atoms with Crippen LogP contribution < -0.4 is 0 Å². The van der Waals surface area contributed by atoms with Crippen molar-refractivity contribution in [3.05, 3.63) is 25.3 Å². The molecule has 0 radical (unpaired) electrons. The van der Waals surface area contributed by atoms with Crippen LogP contribution in [0.3, 0.4) is 0 Å². The van der Waals surface area contributed by atoms with Gasteiger partial charge in [-0.1, -0.05) is 13.2 Å². The van der Waals surface area contributed by atoms with Gasteiger partial charge in [0, 0.05) is 18.6 Å². The highest BCUT2D eigenvalue weighted by Crippen LogP contribution is 2.02. The molecular formula is C12H18O5. The predicted molar refractivity (Wildman–Crippen MR) is 62.2 cm³/mol. The fourth-order valence-electron chi connectivity index (χ4n) is 1.05. The Labute approximate surface area is 101 Å². The molecule has 0 aromatic carbocycles. The molecule has 0 heterocycles. The largest absolute Gasteiger partial charge is 0.463 e. The number of hydrogen-bond acceptors (Lipinski definition) is 5. The van der Waals surface area contributed by atoms with Gasteiger partial charge in [0.15, 0.2) is 0 Å². The first-order valence-electron chi connectivity index (χ1n) is 5.36. The van der Waals surface area contributed by atoms with Gasteiger partial charge in [-0.15, -0.1) is 0 Å². The van der Waals surface area contributed by atoms with E-state index >= 15 is 0 Å². The Morgan fingerprint density at radius 1 is 1.06 bits per heavy atom. The van der Waals surface area contributed by atoms with Gasteiger partial charge in [0.25, 0.3) is 0 Å². The highest BCUT2D eigenvalue weighted by Gasteiger charge is 2.06. The SMILES string of the molecule is C=CC(=O)OCCCC(O)CCOC(=O)C=C. The summed E-state index contributed by atoms with van der Waals surface area (Å²) in [5, 5.41) is 9.48. The van der Waals surface area contributed by atoms with Crippen LogP contribution in [0, 0.1) is 0 Å². The van der Waals surface area contributed by atoms with E-state index in [4.69, 9.17) is 9.47 Å². The van der Waals surface area contributed by atoms with Gasteiger partial charge in [0.1, 0.15) is 0 Å². The van der Waals surface area contributed by atoms with E-state index in [1.165, 1.54) is 0 Å². The van der Waals surface area contributed by atoms with Crippen LogP contribution in [-0.4, -0.2) is 36.4 Å². The molecule has 0 aliphatic carbocycles. The van der Waals surface area contributed by atoms with Gasteiger partial charge in [-0.05, 0) is 12.8 Å². The number of esters is 2. The lowest BCUT2D eigenvalue weighted by Gasteiger charge is -2.10. The number of aliphatic hydroxyl groups is 1.